The van der Waals surface area contributed by atoms with E-state index in [-0.39, 0.29) is 0 Å². The Morgan fingerprint density at radius 2 is 2.00 bits per heavy atom. The molecule has 17 heavy (non-hydrogen) atoms. The summed E-state index contributed by atoms with van der Waals surface area (Å²) < 4.78 is 0. The van der Waals surface area contributed by atoms with Gasteiger partial charge >= 0.3 is 5.97 Å². The molecule has 0 saturated carbocycles. The van der Waals surface area contributed by atoms with Gasteiger partial charge in [0.1, 0.15) is 5.54 Å². The first-order chi connectivity index (χ1) is 7.81. The minimum absolute atomic E-state index is 0.675. The highest BCUT2D eigenvalue weighted by Crippen LogP contribution is 2.14. The van der Waals surface area contributed by atoms with Gasteiger partial charge in [0, 0.05) is 6.54 Å². The van der Waals surface area contributed by atoms with Gasteiger partial charge in [0.05, 0.1) is 0 Å². The van der Waals surface area contributed by atoms with E-state index in [1.54, 1.807) is 14.0 Å². The number of nitrogens with zero attached hydrogens (tertiary/aromatic N) is 1. The van der Waals surface area contributed by atoms with E-state index >= 15 is 0 Å². The summed E-state index contributed by atoms with van der Waals surface area (Å²) in [4.78, 5) is 13.4. The summed E-state index contributed by atoms with van der Waals surface area (Å²) in [6.07, 6.45) is 2.66. The third-order valence-corrected chi connectivity index (χ3v) is 3.17. The van der Waals surface area contributed by atoms with Crippen LogP contribution in [0, 0.1) is 5.92 Å². The molecule has 0 aromatic heterocycles. The molecule has 0 aliphatic heterocycles. The van der Waals surface area contributed by atoms with Crippen molar-refractivity contribution in [1.82, 2.24) is 10.2 Å². The zero-order valence-corrected chi connectivity index (χ0v) is 11.9. The van der Waals surface area contributed by atoms with Crippen molar-refractivity contribution in [2.75, 3.05) is 27.2 Å². The minimum Gasteiger partial charge on any atom is -0.480 e. The first-order valence-corrected chi connectivity index (χ1v) is 6.42. The van der Waals surface area contributed by atoms with Crippen LogP contribution in [0.4, 0.5) is 0 Å². The van der Waals surface area contributed by atoms with Crippen LogP contribution in [0.15, 0.2) is 0 Å². The van der Waals surface area contributed by atoms with Crippen molar-refractivity contribution in [3.63, 3.8) is 0 Å². The van der Waals surface area contributed by atoms with Crippen LogP contribution < -0.4 is 5.32 Å². The van der Waals surface area contributed by atoms with Crippen molar-refractivity contribution >= 4 is 5.97 Å². The molecule has 0 radical (unpaired) electrons. The van der Waals surface area contributed by atoms with Crippen molar-refractivity contribution in [3.05, 3.63) is 0 Å². The second-order valence-corrected chi connectivity index (χ2v) is 5.50. The van der Waals surface area contributed by atoms with Gasteiger partial charge in [0.2, 0.25) is 0 Å². The molecule has 1 unspecified atom stereocenters. The molecule has 0 aliphatic carbocycles. The van der Waals surface area contributed by atoms with Gasteiger partial charge in [-0.25, -0.2) is 0 Å². The summed E-state index contributed by atoms with van der Waals surface area (Å²) in [6.45, 7) is 8.30. The Bertz CT molecular complexity index is 231. The van der Waals surface area contributed by atoms with Crippen LogP contribution in [0.5, 0.6) is 0 Å². The van der Waals surface area contributed by atoms with E-state index in [1.165, 1.54) is 0 Å². The lowest BCUT2D eigenvalue weighted by molar-refractivity contribution is -0.144. The van der Waals surface area contributed by atoms with E-state index in [0.717, 1.165) is 25.9 Å². The van der Waals surface area contributed by atoms with Crippen LogP contribution in [0.25, 0.3) is 0 Å². The Morgan fingerprint density at radius 3 is 2.41 bits per heavy atom. The summed E-state index contributed by atoms with van der Waals surface area (Å²) in [5.74, 6) is -0.0860. The van der Waals surface area contributed by atoms with Crippen LogP contribution in [0.2, 0.25) is 0 Å². The topological polar surface area (TPSA) is 52.6 Å². The fraction of sp³-hybridized carbons (Fsp3) is 0.923. The summed E-state index contributed by atoms with van der Waals surface area (Å²) in [6, 6.07) is 0. The molecule has 0 saturated heterocycles. The van der Waals surface area contributed by atoms with Gasteiger partial charge < -0.3 is 15.3 Å². The molecule has 0 spiro atoms. The maximum absolute atomic E-state index is 11.1. The third kappa shape index (κ3) is 6.64. The molecular weight excluding hydrogens is 216 g/mol. The molecule has 0 heterocycles. The molecule has 0 aromatic carbocycles. The molecule has 0 aliphatic rings. The lowest BCUT2D eigenvalue weighted by atomic mass is 9.95. The van der Waals surface area contributed by atoms with Gasteiger partial charge in [-0.3, -0.25) is 4.79 Å². The molecule has 4 nitrogen and oxygen atoms in total. The number of hydrogen-bond acceptors (Lipinski definition) is 3. The Balaban J connectivity index is 3.80. The van der Waals surface area contributed by atoms with Crippen LogP contribution in [-0.2, 0) is 4.79 Å². The predicted molar refractivity (Wildman–Crippen MR) is 71.3 cm³/mol. The number of carbonyl (C=O) groups is 1. The van der Waals surface area contributed by atoms with Crippen molar-refractivity contribution < 1.29 is 9.90 Å². The quantitative estimate of drug-likeness (QED) is 0.607. The van der Waals surface area contributed by atoms with Gasteiger partial charge in [0.25, 0.3) is 0 Å². The monoisotopic (exact) mass is 244 g/mol. The van der Waals surface area contributed by atoms with E-state index in [2.05, 4.69) is 31.1 Å². The maximum atomic E-state index is 11.1. The molecule has 1 atom stereocenters. The van der Waals surface area contributed by atoms with E-state index < -0.39 is 11.5 Å². The second-order valence-electron chi connectivity index (χ2n) is 5.50. The number of nitrogens with one attached hydrogen (secondary N) is 1. The average Bonchev–Trinajstić information content (AvgIpc) is 2.22. The molecular formula is C13H28N2O2. The molecule has 0 bridgehead atoms. The Hall–Kier alpha value is -0.610. The molecule has 0 aromatic rings. The van der Waals surface area contributed by atoms with Gasteiger partial charge in [-0.15, -0.1) is 0 Å². The number of aliphatic carboxylic acids is 1. The number of unbranched alkanes of at least 4 members (excludes halogenated alkanes) is 1. The summed E-state index contributed by atoms with van der Waals surface area (Å²) >= 11 is 0. The minimum atomic E-state index is -0.781. The lowest BCUT2D eigenvalue weighted by Gasteiger charge is -2.25. The SMILES string of the molecule is CNC(C)(CCCCN(C)CC(C)C)C(=O)O. The fourth-order valence-electron chi connectivity index (χ4n) is 1.91. The second kappa shape index (κ2) is 7.67. The molecule has 4 heteroatoms. The first-order valence-electron chi connectivity index (χ1n) is 6.42. The lowest BCUT2D eigenvalue weighted by Crippen LogP contribution is -2.47. The fourth-order valence-corrected chi connectivity index (χ4v) is 1.91. The summed E-state index contributed by atoms with van der Waals surface area (Å²) in [5, 5.41) is 12.0. The standard InChI is InChI=1S/C13H28N2O2/c1-11(2)10-15(5)9-7-6-8-13(3,14-4)12(16)17/h11,14H,6-10H2,1-5H3,(H,16,17). The Kier molecular flexibility index (Phi) is 7.39. The van der Waals surface area contributed by atoms with Crippen LogP contribution in [-0.4, -0.2) is 48.7 Å². The van der Waals surface area contributed by atoms with E-state index in [0.29, 0.717) is 12.3 Å². The molecule has 0 rings (SSSR count). The zero-order valence-electron chi connectivity index (χ0n) is 11.9. The third-order valence-electron chi connectivity index (χ3n) is 3.17. The van der Waals surface area contributed by atoms with Crippen LogP contribution in [0.3, 0.4) is 0 Å². The first kappa shape index (κ1) is 16.4. The number of likely N-dealkylation sites (N-methyl/N-ethyl adjacent to an activating group) is 1. The van der Waals surface area contributed by atoms with E-state index in [4.69, 9.17) is 5.11 Å². The highest BCUT2D eigenvalue weighted by atomic mass is 16.4. The highest BCUT2D eigenvalue weighted by molar-refractivity contribution is 5.78. The van der Waals surface area contributed by atoms with Crippen LogP contribution >= 0.6 is 0 Å². The number of carboxylic acid groups (broad SMARTS) is 1. The van der Waals surface area contributed by atoms with Gasteiger partial charge in [-0.1, -0.05) is 13.8 Å². The number of carboxylic acids is 1. The summed E-state index contributed by atoms with van der Waals surface area (Å²) in [5.41, 5.74) is -0.781. The molecule has 0 amide bonds. The van der Waals surface area contributed by atoms with Crippen molar-refractivity contribution in [2.24, 2.45) is 5.92 Å². The smallest absolute Gasteiger partial charge is 0.323 e. The average molecular weight is 244 g/mol. The predicted octanol–water partition coefficient (Wildman–Crippen LogP) is 1.81. The normalized spacial score (nSPS) is 15.2. The van der Waals surface area contributed by atoms with Crippen molar-refractivity contribution in [1.29, 1.82) is 0 Å². The van der Waals surface area contributed by atoms with E-state index in [1.807, 2.05) is 0 Å². The summed E-state index contributed by atoms with van der Waals surface area (Å²) in [7, 11) is 3.83. The maximum Gasteiger partial charge on any atom is 0.323 e. The largest absolute Gasteiger partial charge is 0.480 e. The highest BCUT2D eigenvalue weighted by Gasteiger charge is 2.30. The van der Waals surface area contributed by atoms with Gasteiger partial charge in [-0.2, -0.15) is 0 Å². The molecule has 0 fully saturated rings. The van der Waals surface area contributed by atoms with Gasteiger partial charge in [-0.05, 0) is 52.7 Å². The van der Waals surface area contributed by atoms with Crippen molar-refractivity contribution in [2.45, 2.75) is 45.6 Å². The number of rotatable bonds is 9. The van der Waals surface area contributed by atoms with Crippen LogP contribution in [0.1, 0.15) is 40.0 Å². The molecule has 2 N–H and O–H groups in total. The zero-order chi connectivity index (χ0) is 13.5. The number of hydrogen-bond donors (Lipinski definition) is 2. The molecule has 102 valence electrons. The van der Waals surface area contributed by atoms with Gasteiger partial charge in [0.15, 0.2) is 0 Å². The Morgan fingerprint density at radius 1 is 1.41 bits per heavy atom. The Labute approximate surface area is 105 Å². The van der Waals surface area contributed by atoms with E-state index in [9.17, 15) is 4.79 Å². The van der Waals surface area contributed by atoms with Crippen molar-refractivity contribution in [3.8, 4) is 0 Å².